The van der Waals surface area contributed by atoms with Crippen LogP contribution in [0.4, 0.5) is 4.39 Å². The number of nitrogens with two attached hydrogens (primary N) is 1. The lowest BCUT2D eigenvalue weighted by Gasteiger charge is -1.99. The zero-order valence-corrected chi connectivity index (χ0v) is 8.53. The largest absolute Gasteiger partial charge is 0.435 e. The first kappa shape index (κ1) is 10.4. The summed E-state index contributed by atoms with van der Waals surface area (Å²) in [4.78, 5) is 15.0. The highest BCUT2D eigenvalue weighted by atomic mass is 19.1. The average molecular weight is 220 g/mol. The minimum absolute atomic E-state index is 0.123. The van der Waals surface area contributed by atoms with Gasteiger partial charge in [-0.2, -0.15) is 0 Å². The summed E-state index contributed by atoms with van der Waals surface area (Å²) in [5.41, 5.74) is 5.46. The van der Waals surface area contributed by atoms with E-state index in [1.807, 2.05) is 0 Å². The number of oxazole rings is 1. The standard InChI is InChI=1S/C11H9FN2O2/c1-6-14-9(10(16-6)11(13)15)7-4-2-3-5-8(7)12/h2-5H,1H3,(H2,13,15). The smallest absolute Gasteiger partial charge is 0.286 e. The van der Waals surface area contributed by atoms with Gasteiger partial charge < -0.3 is 10.2 Å². The van der Waals surface area contributed by atoms with Crippen LogP contribution in [0.1, 0.15) is 16.4 Å². The van der Waals surface area contributed by atoms with Crippen molar-refractivity contribution in [3.63, 3.8) is 0 Å². The Balaban J connectivity index is 2.64. The van der Waals surface area contributed by atoms with Crippen molar-refractivity contribution in [2.75, 3.05) is 0 Å². The van der Waals surface area contributed by atoms with Crippen LogP contribution in [0.2, 0.25) is 0 Å². The first-order valence-electron chi connectivity index (χ1n) is 4.61. The Morgan fingerprint density at radius 1 is 1.44 bits per heavy atom. The van der Waals surface area contributed by atoms with Gasteiger partial charge in [0.1, 0.15) is 11.5 Å². The van der Waals surface area contributed by atoms with Gasteiger partial charge in [0.25, 0.3) is 5.91 Å². The second-order valence-corrected chi connectivity index (χ2v) is 3.25. The summed E-state index contributed by atoms with van der Waals surface area (Å²) < 4.78 is 18.5. The van der Waals surface area contributed by atoms with Crippen LogP contribution in [0.5, 0.6) is 0 Å². The van der Waals surface area contributed by atoms with E-state index in [1.165, 1.54) is 12.1 Å². The molecule has 1 amide bonds. The van der Waals surface area contributed by atoms with Gasteiger partial charge >= 0.3 is 0 Å². The molecule has 0 aliphatic heterocycles. The average Bonchev–Trinajstić information content (AvgIpc) is 2.61. The van der Waals surface area contributed by atoms with E-state index >= 15 is 0 Å². The van der Waals surface area contributed by atoms with Gasteiger partial charge in [-0.1, -0.05) is 12.1 Å². The molecule has 5 heteroatoms. The third-order valence-corrected chi connectivity index (χ3v) is 2.09. The zero-order valence-electron chi connectivity index (χ0n) is 8.53. The summed E-state index contributed by atoms with van der Waals surface area (Å²) in [5.74, 6) is -1.09. The normalized spacial score (nSPS) is 10.4. The van der Waals surface area contributed by atoms with E-state index in [9.17, 15) is 9.18 Å². The predicted molar refractivity (Wildman–Crippen MR) is 55.2 cm³/mol. The van der Waals surface area contributed by atoms with Gasteiger partial charge in [-0.25, -0.2) is 9.37 Å². The number of aromatic nitrogens is 1. The van der Waals surface area contributed by atoms with Crippen molar-refractivity contribution in [1.29, 1.82) is 0 Å². The number of carbonyl (C=O) groups excluding carboxylic acids is 1. The molecule has 0 fully saturated rings. The van der Waals surface area contributed by atoms with E-state index in [2.05, 4.69) is 4.98 Å². The number of nitrogens with zero attached hydrogens (tertiary/aromatic N) is 1. The molecule has 0 radical (unpaired) electrons. The van der Waals surface area contributed by atoms with E-state index < -0.39 is 11.7 Å². The van der Waals surface area contributed by atoms with Gasteiger partial charge in [0.05, 0.1) is 0 Å². The van der Waals surface area contributed by atoms with Gasteiger partial charge in [-0.15, -0.1) is 0 Å². The van der Waals surface area contributed by atoms with E-state index in [0.29, 0.717) is 0 Å². The second kappa shape index (κ2) is 3.77. The van der Waals surface area contributed by atoms with Crippen molar-refractivity contribution < 1.29 is 13.6 Å². The van der Waals surface area contributed by atoms with Crippen LogP contribution in [-0.2, 0) is 0 Å². The van der Waals surface area contributed by atoms with Crippen LogP contribution >= 0.6 is 0 Å². The maximum absolute atomic E-state index is 13.5. The number of rotatable bonds is 2. The number of hydrogen-bond donors (Lipinski definition) is 1. The number of hydrogen-bond acceptors (Lipinski definition) is 3. The van der Waals surface area contributed by atoms with Crippen molar-refractivity contribution >= 4 is 5.91 Å². The molecule has 1 heterocycles. The second-order valence-electron chi connectivity index (χ2n) is 3.25. The minimum atomic E-state index is -0.765. The summed E-state index contributed by atoms with van der Waals surface area (Å²) in [6.07, 6.45) is 0. The van der Waals surface area contributed by atoms with E-state index in [1.54, 1.807) is 19.1 Å². The number of primary amides is 1. The number of benzene rings is 1. The lowest BCUT2D eigenvalue weighted by molar-refractivity contribution is 0.0973. The molecule has 0 aliphatic rings. The molecule has 2 N–H and O–H groups in total. The number of amides is 1. The number of aryl methyl sites for hydroxylation is 1. The van der Waals surface area contributed by atoms with E-state index in [4.69, 9.17) is 10.2 Å². The van der Waals surface area contributed by atoms with Crippen LogP contribution in [0.25, 0.3) is 11.3 Å². The van der Waals surface area contributed by atoms with Gasteiger partial charge in [0, 0.05) is 12.5 Å². The van der Waals surface area contributed by atoms with Crippen LogP contribution < -0.4 is 5.73 Å². The topological polar surface area (TPSA) is 69.1 Å². The van der Waals surface area contributed by atoms with Gasteiger partial charge in [0.2, 0.25) is 5.76 Å². The molecule has 82 valence electrons. The maximum atomic E-state index is 13.5. The summed E-state index contributed by atoms with van der Waals surface area (Å²) in [6.45, 7) is 1.57. The Kier molecular flexibility index (Phi) is 2.44. The van der Waals surface area contributed by atoms with Gasteiger partial charge in [-0.05, 0) is 12.1 Å². The van der Waals surface area contributed by atoms with Crippen LogP contribution in [0, 0.1) is 12.7 Å². The fraction of sp³-hybridized carbons (Fsp3) is 0.0909. The first-order chi connectivity index (χ1) is 7.59. The Bertz CT molecular complexity index is 549. The highest BCUT2D eigenvalue weighted by molar-refractivity contribution is 5.96. The highest BCUT2D eigenvalue weighted by Crippen LogP contribution is 2.25. The molecule has 0 bridgehead atoms. The Labute approximate surface area is 90.9 Å². The fourth-order valence-corrected chi connectivity index (χ4v) is 1.43. The lowest BCUT2D eigenvalue weighted by atomic mass is 10.1. The predicted octanol–water partition coefficient (Wildman–Crippen LogP) is 1.89. The van der Waals surface area contributed by atoms with Crippen molar-refractivity contribution in [1.82, 2.24) is 4.98 Å². The molecule has 0 aliphatic carbocycles. The molecule has 2 aromatic rings. The Morgan fingerprint density at radius 2 is 2.12 bits per heavy atom. The van der Waals surface area contributed by atoms with Gasteiger partial charge in [-0.3, -0.25) is 4.79 Å². The van der Waals surface area contributed by atoms with Crippen LogP contribution in [0.15, 0.2) is 28.7 Å². The van der Waals surface area contributed by atoms with Gasteiger partial charge in [0.15, 0.2) is 5.89 Å². The quantitative estimate of drug-likeness (QED) is 0.840. The van der Waals surface area contributed by atoms with E-state index in [-0.39, 0.29) is 22.9 Å². The minimum Gasteiger partial charge on any atom is -0.435 e. The lowest BCUT2D eigenvalue weighted by Crippen LogP contribution is -2.11. The maximum Gasteiger partial charge on any atom is 0.286 e. The molecular formula is C11H9FN2O2. The highest BCUT2D eigenvalue weighted by Gasteiger charge is 2.19. The molecule has 4 nitrogen and oxygen atoms in total. The Hall–Kier alpha value is -2.17. The van der Waals surface area contributed by atoms with E-state index in [0.717, 1.165) is 0 Å². The molecule has 2 rings (SSSR count). The summed E-state index contributed by atoms with van der Waals surface area (Å²) in [5, 5.41) is 0. The van der Waals surface area contributed by atoms with Crippen LogP contribution in [-0.4, -0.2) is 10.9 Å². The molecule has 0 spiro atoms. The SMILES string of the molecule is Cc1nc(-c2ccccc2F)c(C(N)=O)o1. The molecular weight excluding hydrogens is 211 g/mol. The molecule has 0 atom stereocenters. The van der Waals surface area contributed by atoms with Crippen molar-refractivity contribution in [3.8, 4) is 11.3 Å². The molecule has 0 saturated heterocycles. The molecule has 0 saturated carbocycles. The van der Waals surface area contributed by atoms with Crippen molar-refractivity contribution in [2.45, 2.75) is 6.92 Å². The monoisotopic (exact) mass is 220 g/mol. The summed E-state index contributed by atoms with van der Waals surface area (Å²) >= 11 is 0. The van der Waals surface area contributed by atoms with Crippen molar-refractivity contribution in [2.24, 2.45) is 5.73 Å². The van der Waals surface area contributed by atoms with Crippen molar-refractivity contribution in [3.05, 3.63) is 41.7 Å². The molecule has 1 aromatic carbocycles. The fourth-order valence-electron chi connectivity index (χ4n) is 1.43. The zero-order chi connectivity index (χ0) is 11.7. The molecule has 1 aromatic heterocycles. The molecule has 0 unspecified atom stereocenters. The summed E-state index contributed by atoms with van der Waals surface area (Å²) in [7, 11) is 0. The third-order valence-electron chi connectivity index (χ3n) is 2.09. The summed E-state index contributed by atoms with van der Waals surface area (Å²) in [6, 6.07) is 5.99. The third kappa shape index (κ3) is 1.67. The first-order valence-corrected chi connectivity index (χ1v) is 4.61. The van der Waals surface area contributed by atoms with Crippen LogP contribution in [0.3, 0.4) is 0 Å². The Morgan fingerprint density at radius 3 is 2.75 bits per heavy atom. The number of halogens is 1. The molecule has 16 heavy (non-hydrogen) atoms. The number of carbonyl (C=O) groups is 1.